The molecule has 2 fully saturated rings. The third-order valence-corrected chi connectivity index (χ3v) is 6.84. The van der Waals surface area contributed by atoms with Crippen LogP contribution in [0.15, 0.2) is 0 Å². The summed E-state index contributed by atoms with van der Waals surface area (Å²) in [5, 5.41) is 3.13. The third-order valence-electron chi connectivity index (χ3n) is 4.52. The van der Waals surface area contributed by atoms with Gasteiger partial charge in [0.05, 0.1) is 17.1 Å². The Labute approximate surface area is 117 Å². The molecular weight excluding hydrogens is 262 g/mol. The molecule has 0 bridgehead atoms. The van der Waals surface area contributed by atoms with Gasteiger partial charge >= 0.3 is 0 Å². The zero-order chi connectivity index (χ0) is 13.9. The van der Waals surface area contributed by atoms with Crippen LogP contribution >= 0.6 is 0 Å². The van der Waals surface area contributed by atoms with Crippen molar-refractivity contribution in [1.29, 1.82) is 0 Å². The lowest BCUT2D eigenvalue weighted by Crippen LogP contribution is -2.39. The Balaban J connectivity index is 1.75. The van der Waals surface area contributed by atoms with Gasteiger partial charge in [0.1, 0.15) is 0 Å². The van der Waals surface area contributed by atoms with Gasteiger partial charge < -0.3 is 10.1 Å². The smallest absolute Gasteiger partial charge is 0.157 e. The summed E-state index contributed by atoms with van der Waals surface area (Å²) in [7, 11) is -3.01. The summed E-state index contributed by atoms with van der Waals surface area (Å²) in [6.07, 6.45) is 5.46. The molecule has 1 aliphatic carbocycles. The highest BCUT2D eigenvalue weighted by atomic mass is 32.2. The van der Waals surface area contributed by atoms with Crippen molar-refractivity contribution < 1.29 is 13.2 Å². The van der Waals surface area contributed by atoms with Crippen molar-refractivity contribution >= 4 is 9.84 Å². The van der Waals surface area contributed by atoms with Crippen molar-refractivity contribution in [2.45, 2.75) is 63.3 Å². The highest BCUT2D eigenvalue weighted by molar-refractivity contribution is 7.92. The lowest BCUT2D eigenvalue weighted by atomic mass is 9.87. The minimum absolute atomic E-state index is 0.139. The number of nitrogens with one attached hydrogen (secondary N) is 1. The largest absolute Gasteiger partial charge is 0.377 e. The molecule has 4 atom stereocenters. The minimum atomic E-state index is -3.01. The molecule has 1 saturated carbocycles. The van der Waals surface area contributed by atoms with Crippen molar-refractivity contribution in [2.75, 3.05) is 18.9 Å². The molecule has 0 spiro atoms. The van der Waals surface area contributed by atoms with E-state index in [1.807, 2.05) is 6.92 Å². The van der Waals surface area contributed by atoms with E-state index in [0.29, 0.717) is 25.6 Å². The maximum absolute atomic E-state index is 12.2. The van der Waals surface area contributed by atoms with E-state index in [9.17, 15) is 8.42 Å². The summed E-state index contributed by atoms with van der Waals surface area (Å²) in [6.45, 7) is 5.31. The number of rotatable bonds is 5. The highest BCUT2D eigenvalue weighted by Gasteiger charge is 2.35. The number of hydrogen-bond acceptors (Lipinski definition) is 4. The van der Waals surface area contributed by atoms with Crippen molar-refractivity contribution in [2.24, 2.45) is 5.92 Å². The molecule has 1 saturated heterocycles. The van der Waals surface area contributed by atoms with Gasteiger partial charge in [-0.05, 0) is 32.1 Å². The zero-order valence-corrected chi connectivity index (χ0v) is 12.9. The average molecular weight is 289 g/mol. The van der Waals surface area contributed by atoms with Crippen molar-refractivity contribution in [1.82, 2.24) is 5.32 Å². The fraction of sp³-hybridized carbons (Fsp3) is 1.00. The van der Waals surface area contributed by atoms with Gasteiger partial charge in [-0.3, -0.25) is 0 Å². The van der Waals surface area contributed by atoms with Crippen LogP contribution in [-0.4, -0.2) is 44.7 Å². The van der Waals surface area contributed by atoms with E-state index < -0.39 is 9.84 Å². The molecule has 2 rings (SSSR count). The molecule has 4 unspecified atom stereocenters. The fourth-order valence-corrected chi connectivity index (χ4v) is 5.18. The van der Waals surface area contributed by atoms with E-state index in [1.165, 1.54) is 25.7 Å². The van der Waals surface area contributed by atoms with Gasteiger partial charge in [-0.15, -0.1) is 0 Å². The normalized spacial score (nSPS) is 36.5. The molecule has 5 heteroatoms. The molecule has 19 heavy (non-hydrogen) atoms. The van der Waals surface area contributed by atoms with Gasteiger partial charge in [0.15, 0.2) is 9.84 Å². The number of sulfone groups is 1. The molecular formula is C14H27NO3S. The molecule has 2 aliphatic rings. The standard InChI is InChI=1S/C14H27NO3S/c1-11-4-3-5-13(10-11)15-7-9-19(16,17)14-6-8-18-12(14)2/h11-15H,3-10H2,1-2H3. The Morgan fingerprint density at radius 1 is 1.21 bits per heavy atom. The van der Waals surface area contributed by atoms with E-state index >= 15 is 0 Å². The van der Waals surface area contributed by atoms with Crippen LogP contribution < -0.4 is 5.32 Å². The van der Waals surface area contributed by atoms with Crippen LogP contribution in [0.2, 0.25) is 0 Å². The van der Waals surface area contributed by atoms with Gasteiger partial charge in [0, 0.05) is 19.2 Å². The van der Waals surface area contributed by atoms with Gasteiger partial charge in [0.25, 0.3) is 0 Å². The fourth-order valence-electron chi connectivity index (χ4n) is 3.36. The predicted octanol–water partition coefficient (Wildman–Crippen LogP) is 1.75. The molecule has 112 valence electrons. The Morgan fingerprint density at radius 3 is 2.63 bits per heavy atom. The molecule has 0 aromatic carbocycles. The maximum Gasteiger partial charge on any atom is 0.157 e. The van der Waals surface area contributed by atoms with Crippen LogP contribution in [0.5, 0.6) is 0 Å². The van der Waals surface area contributed by atoms with Crippen LogP contribution in [0.4, 0.5) is 0 Å². The van der Waals surface area contributed by atoms with Gasteiger partial charge in [-0.25, -0.2) is 8.42 Å². The maximum atomic E-state index is 12.2. The van der Waals surface area contributed by atoms with E-state index in [0.717, 1.165) is 5.92 Å². The molecule has 0 amide bonds. The number of ether oxygens (including phenoxy) is 1. The monoisotopic (exact) mass is 289 g/mol. The second-order valence-corrected chi connectivity index (χ2v) is 8.53. The Hall–Kier alpha value is -0.130. The summed E-state index contributed by atoms with van der Waals surface area (Å²) >= 11 is 0. The topological polar surface area (TPSA) is 55.4 Å². The lowest BCUT2D eigenvalue weighted by molar-refractivity contribution is 0.126. The van der Waals surface area contributed by atoms with E-state index in [4.69, 9.17) is 4.74 Å². The lowest BCUT2D eigenvalue weighted by Gasteiger charge is -2.27. The van der Waals surface area contributed by atoms with Gasteiger partial charge in [-0.1, -0.05) is 19.8 Å². The Bertz CT molecular complexity index is 382. The second-order valence-electron chi connectivity index (χ2n) is 6.19. The summed E-state index contributed by atoms with van der Waals surface area (Å²) in [6, 6.07) is 0.510. The first-order chi connectivity index (χ1) is 8.99. The van der Waals surface area contributed by atoms with Crippen LogP contribution in [-0.2, 0) is 14.6 Å². The summed E-state index contributed by atoms with van der Waals surface area (Å²) < 4.78 is 29.8. The molecule has 1 aliphatic heterocycles. The molecule has 1 heterocycles. The Morgan fingerprint density at radius 2 is 2.00 bits per heavy atom. The minimum Gasteiger partial charge on any atom is -0.377 e. The quantitative estimate of drug-likeness (QED) is 0.838. The molecule has 0 radical (unpaired) electrons. The average Bonchev–Trinajstić information content (AvgIpc) is 2.76. The van der Waals surface area contributed by atoms with E-state index in [-0.39, 0.29) is 17.1 Å². The molecule has 0 aromatic rings. The van der Waals surface area contributed by atoms with Crippen molar-refractivity contribution in [3.8, 4) is 0 Å². The van der Waals surface area contributed by atoms with Crippen LogP contribution in [0, 0.1) is 5.92 Å². The van der Waals surface area contributed by atoms with Gasteiger partial charge in [-0.2, -0.15) is 0 Å². The summed E-state index contributed by atoms with van der Waals surface area (Å²) in [4.78, 5) is 0. The van der Waals surface area contributed by atoms with E-state index in [1.54, 1.807) is 0 Å². The Kier molecular flexibility index (Phi) is 5.26. The zero-order valence-electron chi connectivity index (χ0n) is 12.1. The first-order valence-corrected chi connectivity index (χ1v) is 9.27. The van der Waals surface area contributed by atoms with Crippen LogP contribution in [0.3, 0.4) is 0 Å². The first-order valence-electron chi connectivity index (χ1n) is 7.55. The number of hydrogen-bond donors (Lipinski definition) is 1. The summed E-state index contributed by atoms with van der Waals surface area (Å²) in [5.41, 5.74) is 0. The van der Waals surface area contributed by atoms with E-state index in [2.05, 4.69) is 12.2 Å². The predicted molar refractivity (Wildman–Crippen MR) is 77.0 cm³/mol. The van der Waals surface area contributed by atoms with Crippen molar-refractivity contribution in [3.63, 3.8) is 0 Å². The van der Waals surface area contributed by atoms with Crippen LogP contribution in [0.25, 0.3) is 0 Å². The van der Waals surface area contributed by atoms with Crippen molar-refractivity contribution in [3.05, 3.63) is 0 Å². The van der Waals surface area contributed by atoms with Gasteiger partial charge in [0.2, 0.25) is 0 Å². The molecule has 1 N–H and O–H groups in total. The molecule has 0 aromatic heterocycles. The molecule has 4 nitrogen and oxygen atoms in total. The van der Waals surface area contributed by atoms with Crippen LogP contribution in [0.1, 0.15) is 46.0 Å². The highest BCUT2D eigenvalue weighted by Crippen LogP contribution is 2.24. The SMILES string of the molecule is CC1CCCC(NCCS(=O)(=O)C2CCOC2C)C1. The third kappa shape index (κ3) is 4.17. The summed E-state index contributed by atoms with van der Waals surface area (Å²) in [5.74, 6) is 1.02. The second kappa shape index (κ2) is 6.55. The first kappa shape index (κ1) is 15.3.